The van der Waals surface area contributed by atoms with Crippen LogP contribution in [0.1, 0.15) is 46.4 Å². The molecule has 0 bridgehead atoms. The first kappa shape index (κ1) is 22.3. The van der Waals surface area contributed by atoms with Gasteiger partial charge in [0.05, 0.1) is 29.4 Å². The van der Waals surface area contributed by atoms with Gasteiger partial charge in [0.15, 0.2) is 5.69 Å². The van der Waals surface area contributed by atoms with Gasteiger partial charge in [-0.1, -0.05) is 11.6 Å². The lowest BCUT2D eigenvalue weighted by atomic mass is 9.87. The Morgan fingerprint density at radius 1 is 1.35 bits per heavy atom. The number of halogens is 4. The van der Waals surface area contributed by atoms with Crippen LogP contribution in [-0.2, 0) is 10.9 Å². The highest BCUT2D eigenvalue weighted by atomic mass is 35.5. The van der Waals surface area contributed by atoms with Gasteiger partial charge in [0.2, 0.25) is 0 Å². The second-order valence-electron chi connectivity index (χ2n) is 7.70. The number of hydrogen-bond donors (Lipinski definition) is 2. The summed E-state index contributed by atoms with van der Waals surface area (Å²) in [5.41, 5.74) is -0.991. The molecule has 0 unspecified atom stereocenters. The molecule has 1 saturated carbocycles. The van der Waals surface area contributed by atoms with E-state index in [2.05, 4.69) is 4.98 Å². The molecule has 168 valence electrons. The molecule has 1 aromatic heterocycles. The molecule has 2 N–H and O–H groups in total. The molecule has 31 heavy (non-hydrogen) atoms. The lowest BCUT2D eigenvalue weighted by Crippen LogP contribution is -2.33. The normalized spacial score (nSPS) is 28.4. The van der Waals surface area contributed by atoms with Crippen molar-refractivity contribution in [3.05, 3.63) is 44.9 Å². The summed E-state index contributed by atoms with van der Waals surface area (Å²) >= 11 is 6.86. The number of hydrogen-bond acceptors (Lipinski definition) is 6. The van der Waals surface area contributed by atoms with Crippen molar-refractivity contribution in [1.29, 1.82) is 0 Å². The van der Waals surface area contributed by atoms with Crippen LogP contribution in [-0.4, -0.2) is 40.0 Å². The number of benzene rings is 1. The number of aliphatic hydroxyl groups excluding tert-OH is 1. The standard InChI is InChI=1S/C20H19ClF3NO5S/c21-13-3-1-9(5-12(13)20(22,23)24)29-7-11-10-2-4-16(30-17(10)6-15(11)26)18-25-14(8-31-18)19(27)28/h1,3,5,8,10-11,15-17,26H,2,4,6-7H2,(H,27,28)/t10-,11-,15-,16-,17+/m1/s1. The van der Waals surface area contributed by atoms with Crippen molar-refractivity contribution in [2.75, 3.05) is 6.61 Å². The third-order valence-electron chi connectivity index (χ3n) is 5.80. The summed E-state index contributed by atoms with van der Waals surface area (Å²) in [5, 5.41) is 21.2. The zero-order valence-corrected chi connectivity index (χ0v) is 17.6. The molecule has 2 aromatic rings. The topological polar surface area (TPSA) is 88.9 Å². The number of rotatable bonds is 5. The van der Waals surface area contributed by atoms with E-state index in [1.54, 1.807) is 0 Å². The number of nitrogens with zero attached hydrogens (tertiary/aromatic N) is 1. The van der Waals surface area contributed by atoms with Gasteiger partial charge < -0.3 is 19.7 Å². The number of carboxylic acid groups (broad SMARTS) is 1. The van der Waals surface area contributed by atoms with Crippen LogP contribution < -0.4 is 4.74 Å². The SMILES string of the molecule is O=C(O)c1csc([C@H]2CC[C@@H]3[C@@H](COc4ccc(Cl)c(C(F)(F)F)c4)[C@H](O)C[C@@H]3O2)n1. The number of carboxylic acids is 1. The summed E-state index contributed by atoms with van der Waals surface area (Å²) in [6.07, 6.45) is -4.20. The van der Waals surface area contributed by atoms with Crippen LogP contribution in [0.4, 0.5) is 13.2 Å². The Morgan fingerprint density at radius 2 is 2.13 bits per heavy atom. The number of aromatic nitrogens is 1. The highest BCUT2D eigenvalue weighted by molar-refractivity contribution is 7.09. The first-order valence-corrected chi connectivity index (χ1v) is 10.9. The largest absolute Gasteiger partial charge is 0.493 e. The first-order valence-electron chi connectivity index (χ1n) is 9.65. The Morgan fingerprint density at radius 3 is 2.81 bits per heavy atom. The van der Waals surface area contributed by atoms with Gasteiger partial charge in [0, 0.05) is 17.7 Å². The molecule has 0 amide bonds. The van der Waals surface area contributed by atoms with Crippen LogP contribution in [0, 0.1) is 11.8 Å². The Hall–Kier alpha value is -1.88. The van der Waals surface area contributed by atoms with Gasteiger partial charge in [-0.05, 0) is 37.0 Å². The second-order valence-corrected chi connectivity index (χ2v) is 8.99. The minimum Gasteiger partial charge on any atom is -0.493 e. The Labute approximate surface area is 184 Å². The number of fused-ring (bicyclic) bond motifs is 1. The van der Waals surface area contributed by atoms with Crippen molar-refractivity contribution in [1.82, 2.24) is 4.98 Å². The van der Waals surface area contributed by atoms with E-state index in [0.29, 0.717) is 24.3 Å². The molecular weight excluding hydrogens is 459 g/mol. The van der Waals surface area contributed by atoms with Gasteiger partial charge >= 0.3 is 12.1 Å². The predicted molar refractivity (Wildman–Crippen MR) is 105 cm³/mol. The lowest BCUT2D eigenvalue weighted by Gasteiger charge is -2.33. The molecule has 1 saturated heterocycles. The van der Waals surface area contributed by atoms with Crippen molar-refractivity contribution >= 4 is 28.9 Å². The van der Waals surface area contributed by atoms with Gasteiger partial charge in [-0.25, -0.2) is 9.78 Å². The third-order valence-corrected chi connectivity index (χ3v) is 7.07. The number of aliphatic hydroxyl groups is 1. The molecule has 4 rings (SSSR count). The van der Waals surface area contributed by atoms with E-state index < -0.39 is 28.8 Å². The molecule has 0 spiro atoms. The van der Waals surface area contributed by atoms with Gasteiger partial charge in [0.1, 0.15) is 16.9 Å². The smallest absolute Gasteiger partial charge is 0.417 e. The Balaban J connectivity index is 1.40. The van der Waals surface area contributed by atoms with E-state index in [-0.39, 0.29) is 42.1 Å². The van der Waals surface area contributed by atoms with Crippen LogP contribution in [0.15, 0.2) is 23.6 Å². The Kier molecular flexibility index (Phi) is 6.17. The summed E-state index contributed by atoms with van der Waals surface area (Å²) in [4.78, 5) is 15.1. The minimum atomic E-state index is -4.59. The molecule has 5 atom stereocenters. The first-order chi connectivity index (χ1) is 14.6. The number of ether oxygens (including phenoxy) is 2. The molecule has 1 aromatic carbocycles. The minimum absolute atomic E-state index is 0.0143. The van der Waals surface area contributed by atoms with Crippen LogP contribution >= 0.6 is 22.9 Å². The average molecular weight is 478 g/mol. The fourth-order valence-electron chi connectivity index (χ4n) is 4.28. The van der Waals surface area contributed by atoms with Crippen molar-refractivity contribution in [2.24, 2.45) is 11.8 Å². The highest BCUT2D eigenvalue weighted by Gasteiger charge is 2.47. The maximum absolute atomic E-state index is 13.0. The van der Waals surface area contributed by atoms with Crippen molar-refractivity contribution in [2.45, 2.75) is 43.8 Å². The van der Waals surface area contributed by atoms with Gasteiger partial charge in [-0.3, -0.25) is 0 Å². The summed E-state index contributed by atoms with van der Waals surface area (Å²) < 4.78 is 50.8. The maximum Gasteiger partial charge on any atom is 0.417 e. The number of carbonyl (C=O) groups is 1. The van der Waals surface area contributed by atoms with Crippen LogP contribution in [0.2, 0.25) is 5.02 Å². The van der Waals surface area contributed by atoms with E-state index in [1.807, 2.05) is 0 Å². The molecule has 2 fully saturated rings. The zero-order chi connectivity index (χ0) is 22.3. The number of alkyl halides is 3. The fourth-order valence-corrected chi connectivity index (χ4v) is 5.37. The highest BCUT2D eigenvalue weighted by Crippen LogP contribution is 2.46. The predicted octanol–water partition coefficient (Wildman–Crippen LogP) is 4.81. The quantitative estimate of drug-likeness (QED) is 0.642. The van der Waals surface area contributed by atoms with E-state index in [0.717, 1.165) is 12.1 Å². The molecule has 2 aliphatic rings. The average Bonchev–Trinajstić information content (AvgIpc) is 3.30. The molecule has 1 aliphatic heterocycles. The van der Waals surface area contributed by atoms with E-state index in [4.69, 9.17) is 26.2 Å². The summed E-state index contributed by atoms with van der Waals surface area (Å²) in [7, 11) is 0. The third kappa shape index (κ3) is 4.67. The van der Waals surface area contributed by atoms with Crippen LogP contribution in [0.5, 0.6) is 5.75 Å². The summed E-state index contributed by atoms with van der Waals surface area (Å²) in [6.45, 7) is 0.0513. The zero-order valence-electron chi connectivity index (χ0n) is 16.0. The fraction of sp³-hybridized carbons (Fsp3) is 0.500. The molecule has 11 heteroatoms. The van der Waals surface area contributed by atoms with Gasteiger partial charge in [0.25, 0.3) is 0 Å². The van der Waals surface area contributed by atoms with E-state index >= 15 is 0 Å². The van der Waals surface area contributed by atoms with Crippen LogP contribution in [0.3, 0.4) is 0 Å². The van der Waals surface area contributed by atoms with Crippen LogP contribution in [0.25, 0.3) is 0 Å². The molecule has 6 nitrogen and oxygen atoms in total. The molecule has 1 aliphatic carbocycles. The Bertz CT molecular complexity index is 969. The van der Waals surface area contributed by atoms with Crippen molar-refractivity contribution in [3.8, 4) is 5.75 Å². The number of thiazole rings is 1. The van der Waals surface area contributed by atoms with E-state index in [9.17, 15) is 23.1 Å². The summed E-state index contributed by atoms with van der Waals surface area (Å²) in [6, 6.07) is 3.37. The monoisotopic (exact) mass is 477 g/mol. The number of aromatic carboxylic acids is 1. The second kappa shape index (κ2) is 8.57. The van der Waals surface area contributed by atoms with Gasteiger partial charge in [-0.2, -0.15) is 13.2 Å². The molecular formula is C20H19ClF3NO5S. The van der Waals surface area contributed by atoms with Gasteiger partial charge in [-0.15, -0.1) is 11.3 Å². The molecule has 0 radical (unpaired) electrons. The van der Waals surface area contributed by atoms with Crippen molar-refractivity contribution < 1.29 is 37.7 Å². The lowest BCUT2D eigenvalue weighted by molar-refractivity contribution is -0.137. The maximum atomic E-state index is 13.0. The summed E-state index contributed by atoms with van der Waals surface area (Å²) in [5.74, 6) is -1.37. The van der Waals surface area contributed by atoms with Crippen molar-refractivity contribution in [3.63, 3.8) is 0 Å². The van der Waals surface area contributed by atoms with E-state index in [1.165, 1.54) is 22.8 Å². The molecule has 2 heterocycles.